The molecule has 0 spiro atoms. The maximum Gasteiger partial charge on any atom is 0.246 e. The Kier molecular flexibility index (Phi) is 5.95. The first-order valence-electron chi connectivity index (χ1n) is 8.63. The molecule has 5 heteroatoms. The van der Waals surface area contributed by atoms with Crippen LogP contribution in [0.5, 0.6) is 0 Å². The highest BCUT2D eigenvalue weighted by Gasteiger charge is 2.28. The second-order valence-electron chi connectivity index (χ2n) is 6.57. The van der Waals surface area contributed by atoms with Gasteiger partial charge in [-0.1, -0.05) is 17.7 Å². The van der Waals surface area contributed by atoms with Crippen molar-refractivity contribution in [1.29, 1.82) is 0 Å². The number of halogens is 1. The van der Waals surface area contributed by atoms with E-state index in [-0.39, 0.29) is 17.6 Å². The number of thioether (sulfide) groups is 1. The summed E-state index contributed by atoms with van der Waals surface area (Å²) in [5.41, 5.74) is 2.02. The second-order valence-corrected chi connectivity index (χ2v) is 7.80. The molecule has 1 atom stereocenters. The van der Waals surface area contributed by atoms with Crippen molar-refractivity contribution in [3.63, 3.8) is 0 Å². The summed E-state index contributed by atoms with van der Waals surface area (Å²) in [5.74, 6) is 2.18. The number of benzene rings is 1. The van der Waals surface area contributed by atoms with Crippen molar-refractivity contribution in [2.24, 2.45) is 5.92 Å². The van der Waals surface area contributed by atoms with Gasteiger partial charge in [0.05, 0.1) is 6.10 Å². The summed E-state index contributed by atoms with van der Waals surface area (Å²) in [6.45, 7) is 1.36. The molecular formula is C19H24FNO2S. The van der Waals surface area contributed by atoms with Crippen LogP contribution in [0.1, 0.15) is 37.4 Å². The zero-order valence-corrected chi connectivity index (χ0v) is 14.6. The summed E-state index contributed by atoms with van der Waals surface area (Å²) in [6, 6.07) is 6.05. The molecule has 24 heavy (non-hydrogen) atoms. The summed E-state index contributed by atoms with van der Waals surface area (Å²) >= 11 is 1.95. The molecule has 1 amide bonds. The molecule has 0 radical (unpaired) electrons. The molecule has 130 valence electrons. The lowest BCUT2D eigenvalue weighted by Gasteiger charge is -2.34. The lowest BCUT2D eigenvalue weighted by atomic mass is 9.87. The molecule has 1 unspecified atom stereocenters. The fraction of sp³-hybridized carbons (Fsp3) is 0.526. The topological polar surface area (TPSA) is 40.5 Å². The van der Waals surface area contributed by atoms with Gasteiger partial charge in [-0.25, -0.2) is 4.39 Å². The van der Waals surface area contributed by atoms with Crippen LogP contribution in [0.3, 0.4) is 0 Å². The van der Waals surface area contributed by atoms with Gasteiger partial charge in [0.25, 0.3) is 0 Å². The van der Waals surface area contributed by atoms with Crippen molar-refractivity contribution < 1.29 is 14.3 Å². The van der Waals surface area contributed by atoms with E-state index in [1.807, 2.05) is 22.7 Å². The number of allylic oxidation sites excluding steroid dienone is 1. The summed E-state index contributed by atoms with van der Waals surface area (Å²) in [6.07, 6.45) is 4.85. The van der Waals surface area contributed by atoms with Gasteiger partial charge < -0.3 is 10.0 Å². The Balaban J connectivity index is 1.53. The van der Waals surface area contributed by atoms with Gasteiger partial charge in [-0.2, -0.15) is 11.8 Å². The molecule has 0 aromatic heterocycles. The molecule has 0 bridgehead atoms. The first kappa shape index (κ1) is 17.5. The maximum absolute atomic E-state index is 13.0. The van der Waals surface area contributed by atoms with Gasteiger partial charge in [-0.05, 0) is 60.8 Å². The Labute approximate surface area is 146 Å². The van der Waals surface area contributed by atoms with Crippen LogP contribution in [0.4, 0.5) is 4.39 Å². The minimum atomic E-state index is -0.587. The highest BCUT2D eigenvalue weighted by atomic mass is 32.2. The van der Waals surface area contributed by atoms with E-state index in [2.05, 4.69) is 0 Å². The quantitative estimate of drug-likeness (QED) is 0.849. The van der Waals surface area contributed by atoms with Gasteiger partial charge in [0.15, 0.2) is 0 Å². The van der Waals surface area contributed by atoms with Crippen LogP contribution in [-0.2, 0) is 4.79 Å². The van der Waals surface area contributed by atoms with Crippen LogP contribution < -0.4 is 0 Å². The molecule has 3 nitrogen and oxygen atoms in total. The zero-order chi connectivity index (χ0) is 16.9. The predicted octanol–water partition coefficient (Wildman–Crippen LogP) is 3.55. The SMILES string of the molecule is O=C(C=C1CCSCC1)N1CCC(C(O)c2ccc(F)cc2)CC1. The van der Waals surface area contributed by atoms with Crippen LogP contribution in [-0.4, -0.2) is 40.5 Å². The molecule has 1 N–H and O–H groups in total. The average molecular weight is 349 g/mol. The molecule has 2 fully saturated rings. The number of carbonyl (C=O) groups excluding carboxylic acids is 1. The molecular weight excluding hydrogens is 325 g/mol. The number of nitrogens with zero attached hydrogens (tertiary/aromatic N) is 1. The third kappa shape index (κ3) is 4.39. The third-order valence-corrected chi connectivity index (χ3v) is 5.96. The lowest BCUT2D eigenvalue weighted by molar-refractivity contribution is -0.128. The van der Waals surface area contributed by atoms with Gasteiger partial charge in [0.1, 0.15) is 5.82 Å². The van der Waals surface area contributed by atoms with Gasteiger partial charge in [-0.3, -0.25) is 4.79 Å². The third-order valence-electron chi connectivity index (χ3n) is 4.97. The van der Waals surface area contributed by atoms with E-state index in [1.165, 1.54) is 17.7 Å². The fourth-order valence-electron chi connectivity index (χ4n) is 3.41. The van der Waals surface area contributed by atoms with E-state index in [9.17, 15) is 14.3 Å². The molecule has 2 aliphatic rings. The van der Waals surface area contributed by atoms with Crippen LogP contribution in [0.2, 0.25) is 0 Å². The minimum Gasteiger partial charge on any atom is -0.388 e. The standard InChI is InChI=1S/C19H24FNO2S/c20-17-3-1-15(2-4-17)19(23)16-5-9-21(10-6-16)18(22)13-14-7-11-24-12-8-14/h1-4,13,16,19,23H,5-12H2. The Morgan fingerprint density at radius 3 is 2.46 bits per heavy atom. The van der Waals surface area contributed by atoms with E-state index in [4.69, 9.17) is 0 Å². The Hall–Kier alpha value is -1.33. The Morgan fingerprint density at radius 2 is 1.83 bits per heavy atom. The van der Waals surface area contributed by atoms with Crippen molar-refractivity contribution >= 4 is 17.7 Å². The van der Waals surface area contributed by atoms with Gasteiger partial charge in [0.2, 0.25) is 5.91 Å². The smallest absolute Gasteiger partial charge is 0.246 e. The first-order valence-corrected chi connectivity index (χ1v) is 9.78. The van der Waals surface area contributed by atoms with Crippen molar-refractivity contribution in [1.82, 2.24) is 4.90 Å². The summed E-state index contributed by atoms with van der Waals surface area (Å²) in [5, 5.41) is 10.5. The maximum atomic E-state index is 13.0. The van der Waals surface area contributed by atoms with Crippen LogP contribution >= 0.6 is 11.8 Å². The van der Waals surface area contributed by atoms with E-state index in [0.717, 1.165) is 42.8 Å². The van der Waals surface area contributed by atoms with Crippen LogP contribution in [0.15, 0.2) is 35.9 Å². The van der Waals surface area contributed by atoms with Gasteiger partial charge in [0, 0.05) is 19.2 Å². The number of likely N-dealkylation sites (tertiary alicyclic amines) is 1. The highest BCUT2D eigenvalue weighted by Crippen LogP contribution is 2.31. The molecule has 0 aliphatic carbocycles. The zero-order valence-electron chi connectivity index (χ0n) is 13.8. The van der Waals surface area contributed by atoms with E-state index >= 15 is 0 Å². The van der Waals surface area contributed by atoms with E-state index in [1.54, 1.807) is 12.1 Å². The molecule has 1 aromatic carbocycles. The monoisotopic (exact) mass is 349 g/mol. The highest BCUT2D eigenvalue weighted by molar-refractivity contribution is 7.99. The molecule has 3 rings (SSSR count). The summed E-state index contributed by atoms with van der Waals surface area (Å²) < 4.78 is 13.0. The van der Waals surface area contributed by atoms with Crippen molar-refractivity contribution in [3.05, 3.63) is 47.3 Å². The number of hydrogen-bond acceptors (Lipinski definition) is 3. The largest absolute Gasteiger partial charge is 0.388 e. The predicted molar refractivity (Wildman–Crippen MR) is 95.3 cm³/mol. The number of carbonyl (C=O) groups is 1. The average Bonchev–Trinajstić information content (AvgIpc) is 2.63. The number of hydrogen-bond donors (Lipinski definition) is 1. The lowest BCUT2D eigenvalue weighted by Crippen LogP contribution is -2.39. The van der Waals surface area contributed by atoms with Crippen LogP contribution in [0, 0.1) is 11.7 Å². The summed E-state index contributed by atoms with van der Waals surface area (Å²) in [7, 11) is 0. The van der Waals surface area contributed by atoms with Crippen molar-refractivity contribution in [3.8, 4) is 0 Å². The summed E-state index contributed by atoms with van der Waals surface area (Å²) in [4.78, 5) is 14.3. The number of piperidine rings is 1. The Bertz CT molecular complexity index is 586. The number of aliphatic hydroxyl groups excluding tert-OH is 1. The van der Waals surface area contributed by atoms with Crippen molar-refractivity contribution in [2.45, 2.75) is 31.8 Å². The number of amides is 1. The number of rotatable bonds is 3. The van der Waals surface area contributed by atoms with Crippen LogP contribution in [0.25, 0.3) is 0 Å². The normalized spacial score (nSPS) is 20.8. The molecule has 1 aromatic rings. The molecule has 2 saturated heterocycles. The van der Waals surface area contributed by atoms with Gasteiger partial charge >= 0.3 is 0 Å². The first-order chi connectivity index (χ1) is 11.6. The molecule has 2 heterocycles. The van der Waals surface area contributed by atoms with E-state index < -0.39 is 6.10 Å². The Morgan fingerprint density at radius 1 is 1.21 bits per heavy atom. The molecule has 2 aliphatic heterocycles. The van der Waals surface area contributed by atoms with Gasteiger partial charge in [-0.15, -0.1) is 0 Å². The molecule has 0 saturated carbocycles. The second kappa shape index (κ2) is 8.17. The fourth-order valence-corrected chi connectivity index (χ4v) is 4.43. The number of aliphatic hydroxyl groups is 1. The minimum absolute atomic E-state index is 0.117. The van der Waals surface area contributed by atoms with Crippen molar-refractivity contribution in [2.75, 3.05) is 24.6 Å². The van der Waals surface area contributed by atoms with E-state index in [0.29, 0.717) is 13.1 Å².